The topological polar surface area (TPSA) is 361 Å². The maximum absolute atomic E-state index is 15.3. The van der Waals surface area contributed by atoms with Gasteiger partial charge in [0.05, 0.1) is 36.1 Å². The number of urea groups is 1. The van der Waals surface area contributed by atoms with Crippen LogP contribution in [-0.2, 0) is 70.0 Å². The van der Waals surface area contributed by atoms with Crippen LogP contribution in [0.2, 0.25) is 0 Å². The Balaban J connectivity index is 0.990. The van der Waals surface area contributed by atoms with Gasteiger partial charge in [-0.2, -0.15) is 0 Å². The van der Waals surface area contributed by atoms with E-state index in [2.05, 4.69) is 37.2 Å². The number of carboxylic acids is 1. The van der Waals surface area contributed by atoms with E-state index in [1.807, 2.05) is 6.92 Å². The van der Waals surface area contributed by atoms with Gasteiger partial charge in [0.25, 0.3) is 5.56 Å². The number of halogens is 1. The molecule has 4 aromatic rings. The van der Waals surface area contributed by atoms with Gasteiger partial charge in [0.2, 0.25) is 29.5 Å². The lowest BCUT2D eigenvalue weighted by atomic mass is 9.81. The first-order chi connectivity index (χ1) is 36.6. The molecular formula is C52H65FN10O14. The number of amides is 8. The fraction of sp³-hybridized carbons (Fsp3) is 0.462. The Morgan fingerprint density at radius 1 is 0.961 bits per heavy atom. The van der Waals surface area contributed by atoms with Gasteiger partial charge in [0, 0.05) is 46.8 Å². The molecule has 0 saturated heterocycles. The van der Waals surface area contributed by atoms with E-state index in [1.165, 1.54) is 23.6 Å². The van der Waals surface area contributed by atoms with Gasteiger partial charge in [-0.1, -0.05) is 39.8 Å². The highest BCUT2D eigenvalue weighted by atomic mass is 19.1. The van der Waals surface area contributed by atoms with Crippen LogP contribution in [0.3, 0.4) is 0 Å². The minimum atomic E-state index is -2.51. The lowest BCUT2D eigenvalue weighted by Crippen LogP contribution is -2.54. The van der Waals surface area contributed by atoms with E-state index in [9.17, 15) is 58.5 Å². The van der Waals surface area contributed by atoms with Crippen molar-refractivity contribution < 1.29 is 67.5 Å². The number of hydrogen-bond acceptors (Lipinski definition) is 14. The average Bonchev–Trinajstić information content (AvgIpc) is 3.90. The van der Waals surface area contributed by atoms with Crippen LogP contribution in [-0.4, -0.2) is 111 Å². The number of fused-ring (bicyclic) bond motifs is 4. The number of ether oxygens (including phenoxy) is 2. The van der Waals surface area contributed by atoms with Crippen molar-refractivity contribution in [2.24, 2.45) is 11.7 Å². The second-order valence-electron chi connectivity index (χ2n) is 19.1. The van der Waals surface area contributed by atoms with Crippen LogP contribution in [0.1, 0.15) is 111 Å². The number of carboxylic acid groups (broad SMARTS) is 1. The Kier molecular flexibility index (Phi) is 19.4. The molecule has 8 amide bonds. The second-order valence-corrected chi connectivity index (χ2v) is 19.1. The first-order valence-corrected chi connectivity index (χ1v) is 25.2. The number of carbonyl (C=O) groups excluding carboxylic acids is 7. The number of benzene rings is 2. The Morgan fingerprint density at radius 3 is 2.34 bits per heavy atom. The van der Waals surface area contributed by atoms with Gasteiger partial charge in [0.1, 0.15) is 44.4 Å². The Hall–Kier alpha value is -8.03. The predicted octanol–water partition coefficient (Wildman–Crippen LogP) is 1.98. The molecule has 0 bridgehead atoms. The van der Waals surface area contributed by atoms with E-state index >= 15 is 4.39 Å². The number of aryl methyl sites for hydroxylation is 1. The SMILES string of the molecule is CCCC(=O)N[C@H](C(=O)N[C@@H](CCCNC(N)=O)C(=O)Nc1ccc(COC(=O)NCC(=O)NCOCC(=O)N[C@H]2CCc3c(C)c(F)cc4nc5c(c2c34)Cn2c-5cc([C@@](O)(CC)C(=O)O)c(CO)c2=O)cc1)C(C)C. The number of carbonyl (C=O) groups is 8. The van der Waals surface area contributed by atoms with Crippen LogP contribution in [0.15, 0.2) is 41.2 Å². The van der Waals surface area contributed by atoms with Crippen molar-refractivity contribution in [1.29, 1.82) is 0 Å². The summed E-state index contributed by atoms with van der Waals surface area (Å²) in [6.07, 6.45) is 0.659. The zero-order chi connectivity index (χ0) is 56.3. The molecule has 4 atom stereocenters. The third kappa shape index (κ3) is 13.7. The smallest absolute Gasteiger partial charge is 0.407 e. The molecule has 0 saturated carbocycles. The van der Waals surface area contributed by atoms with Gasteiger partial charge < -0.3 is 72.3 Å². The number of hydrogen-bond donors (Lipinski definition) is 11. The quantitative estimate of drug-likeness (QED) is 0.0294. The summed E-state index contributed by atoms with van der Waals surface area (Å²) in [5.41, 5.74) is 4.90. The van der Waals surface area contributed by atoms with Gasteiger partial charge in [-0.3, -0.25) is 28.8 Å². The Bertz CT molecular complexity index is 3000. The summed E-state index contributed by atoms with van der Waals surface area (Å²) >= 11 is 0. The fourth-order valence-electron chi connectivity index (χ4n) is 9.36. The fourth-order valence-corrected chi connectivity index (χ4v) is 9.36. The zero-order valence-corrected chi connectivity index (χ0v) is 43.4. The molecule has 24 nitrogen and oxygen atoms in total. The van der Waals surface area contributed by atoms with E-state index in [4.69, 9.17) is 20.2 Å². The van der Waals surface area contributed by atoms with Crippen LogP contribution in [0.5, 0.6) is 0 Å². The number of aliphatic hydroxyl groups is 2. The molecule has 1 aliphatic carbocycles. The summed E-state index contributed by atoms with van der Waals surface area (Å²) in [4.78, 5) is 119. The van der Waals surface area contributed by atoms with Crippen molar-refractivity contribution in [1.82, 2.24) is 41.5 Å². The number of anilines is 1. The highest BCUT2D eigenvalue weighted by Crippen LogP contribution is 2.45. The molecule has 0 fully saturated rings. The van der Waals surface area contributed by atoms with Crippen molar-refractivity contribution in [3.63, 3.8) is 0 Å². The second kappa shape index (κ2) is 25.7. The summed E-state index contributed by atoms with van der Waals surface area (Å²) in [7, 11) is 0. The third-order valence-corrected chi connectivity index (χ3v) is 13.5. The maximum Gasteiger partial charge on any atom is 0.407 e. The molecule has 77 heavy (non-hydrogen) atoms. The summed E-state index contributed by atoms with van der Waals surface area (Å²) in [6, 6.07) is 5.44. The number of nitrogens with one attached hydrogen (secondary N) is 7. The van der Waals surface area contributed by atoms with Gasteiger partial charge in [0.15, 0.2) is 5.60 Å². The number of pyridine rings is 2. The van der Waals surface area contributed by atoms with E-state index in [-0.39, 0.29) is 78.8 Å². The summed E-state index contributed by atoms with van der Waals surface area (Å²) in [6.45, 7) is 5.97. The highest BCUT2D eigenvalue weighted by molar-refractivity contribution is 5.99. The normalized spacial score (nSPS) is 14.7. The number of aliphatic hydroxyl groups excluding tert-OH is 1. The molecule has 2 aliphatic rings. The van der Waals surface area contributed by atoms with Crippen LogP contribution in [0, 0.1) is 18.7 Å². The van der Waals surface area contributed by atoms with Crippen LogP contribution >= 0.6 is 0 Å². The molecule has 2 aromatic carbocycles. The monoisotopic (exact) mass is 1070 g/mol. The number of aromatic nitrogens is 2. The maximum atomic E-state index is 15.3. The average molecular weight is 1070 g/mol. The summed E-state index contributed by atoms with van der Waals surface area (Å²) in [5, 5.41) is 50.2. The van der Waals surface area contributed by atoms with Crippen LogP contribution < -0.4 is 48.5 Å². The number of rotatable bonds is 25. The Labute approximate surface area is 441 Å². The molecule has 0 radical (unpaired) electrons. The molecule has 0 unspecified atom stereocenters. The van der Waals surface area contributed by atoms with Crippen LogP contribution in [0.4, 0.5) is 19.7 Å². The molecule has 0 spiro atoms. The number of nitrogens with two attached hydrogens (primary N) is 1. The van der Waals surface area contributed by atoms with E-state index in [0.717, 1.165) is 0 Å². The van der Waals surface area contributed by atoms with Crippen molar-refractivity contribution >= 4 is 64.2 Å². The minimum Gasteiger partial charge on any atom is -0.479 e. The van der Waals surface area contributed by atoms with Gasteiger partial charge in [-0.25, -0.2) is 23.8 Å². The van der Waals surface area contributed by atoms with E-state index in [1.54, 1.807) is 45.0 Å². The molecule has 414 valence electrons. The molecule has 3 heterocycles. The first kappa shape index (κ1) is 58.2. The third-order valence-electron chi connectivity index (χ3n) is 13.5. The lowest BCUT2D eigenvalue weighted by Gasteiger charge is -2.29. The lowest BCUT2D eigenvalue weighted by molar-refractivity contribution is -0.160. The molecule has 25 heteroatoms. The molecule has 12 N–H and O–H groups in total. The van der Waals surface area contributed by atoms with Gasteiger partial charge in [-0.05, 0) is 91.8 Å². The largest absolute Gasteiger partial charge is 0.479 e. The van der Waals surface area contributed by atoms with Crippen molar-refractivity contribution in [3.8, 4) is 11.4 Å². The summed E-state index contributed by atoms with van der Waals surface area (Å²) < 4.78 is 27.3. The molecule has 2 aromatic heterocycles. The number of aliphatic carboxylic acids is 1. The number of nitrogens with zero attached hydrogens (tertiary/aromatic N) is 2. The number of alkyl carbamates (subject to hydrolysis) is 1. The van der Waals surface area contributed by atoms with Gasteiger partial charge >= 0.3 is 18.1 Å². The van der Waals surface area contributed by atoms with E-state index in [0.29, 0.717) is 64.6 Å². The van der Waals surface area contributed by atoms with Crippen molar-refractivity contribution in [2.75, 3.05) is 31.7 Å². The summed E-state index contributed by atoms with van der Waals surface area (Å²) in [5.74, 6) is -5.09. The first-order valence-electron chi connectivity index (χ1n) is 25.2. The molecule has 6 rings (SSSR count). The van der Waals surface area contributed by atoms with Crippen molar-refractivity contribution in [2.45, 2.75) is 123 Å². The Morgan fingerprint density at radius 2 is 1.69 bits per heavy atom. The predicted molar refractivity (Wildman–Crippen MR) is 275 cm³/mol. The van der Waals surface area contributed by atoms with Crippen LogP contribution in [0.25, 0.3) is 22.3 Å². The molecule has 1 aliphatic heterocycles. The zero-order valence-electron chi connectivity index (χ0n) is 43.4. The van der Waals surface area contributed by atoms with Gasteiger partial charge in [-0.15, -0.1) is 0 Å². The number of primary amides is 1. The molecular weight excluding hydrogens is 1010 g/mol. The standard InChI is InChI=1S/C52H65FN10O14/c1-6-9-39(65)62-44(26(3)4)47(69)61-36(10-8-17-55-50(54)73)46(68)58-29-13-11-28(12-14-29)23-77-51(74)56-20-40(66)57-25-76-24-41(67)59-35-16-15-30-27(5)34(53)19-37-42(30)43(35)31-21-63-38(45(31)60-37)18-33(32(22-64)48(63)70)52(75,7-2)49(71)72/h11-14,18-19,26,35-36,44,64,75H,6-10,15-17,20-25H2,1-5H3,(H,56,74)(H,57,66)(H,58,68)(H,59,67)(H,61,69)(H,62,65)(H,71,72)(H3,54,55,73)/t35-,36-,44-,52-/m0/s1. The van der Waals surface area contributed by atoms with E-state index < -0.39 is 103 Å². The highest BCUT2D eigenvalue weighted by Gasteiger charge is 2.42. The van der Waals surface area contributed by atoms with Crippen molar-refractivity contribution in [3.05, 3.63) is 91.5 Å². The minimum absolute atomic E-state index is 0.0790.